The lowest BCUT2D eigenvalue weighted by Crippen LogP contribution is -2.47. The molecule has 0 radical (unpaired) electrons. The zero-order valence-electron chi connectivity index (χ0n) is 14.4. The van der Waals surface area contributed by atoms with Gasteiger partial charge in [0.2, 0.25) is 5.91 Å². The Balaban J connectivity index is 0.00000288. The molecule has 0 aliphatic carbocycles. The Kier molecular flexibility index (Phi) is 8.22. The molecule has 0 saturated carbocycles. The van der Waals surface area contributed by atoms with Gasteiger partial charge in [-0.25, -0.2) is 0 Å². The molecule has 1 atom stereocenters. The molecule has 1 amide bonds. The molecule has 24 heavy (non-hydrogen) atoms. The molecule has 0 aromatic heterocycles. The average Bonchev–Trinajstić information content (AvgIpc) is 2.55. The summed E-state index contributed by atoms with van der Waals surface area (Å²) in [4.78, 5) is 25.6. The van der Waals surface area contributed by atoms with Gasteiger partial charge in [-0.15, -0.1) is 12.4 Å². The van der Waals surface area contributed by atoms with Gasteiger partial charge in [0.05, 0.1) is 6.54 Å². The van der Waals surface area contributed by atoms with Crippen molar-refractivity contribution >= 4 is 30.0 Å². The smallest absolute Gasteiger partial charge is 0.320 e. The number of halogens is 1. The van der Waals surface area contributed by atoms with Crippen LogP contribution < -0.4 is 5.32 Å². The highest BCUT2D eigenvalue weighted by Crippen LogP contribution is 2.23. The number of carboxylic acids is 1. The van der Waals surface area contributed by atoms with Crippen molar-refractivity contribution in [3.63, 3.8) is 0 Å². The zero-order chi connectivity index (χ0) is 16.8. The number of benzene rings is 1. The molecule has 2 rings (SSSR count). The summed E-state index contributed by atoms with van der Waals surface area (Å²) in [7, 11) is 0. The third kappa shape index (κ3) is 4.95. The van der Waals surface area contributed by atoms with E-state index in [4.69, 9.17) is 0 Å². The van der Waals surface area contributed by atoms with Crippen molar-refractivity contribution < 1.29 is 14.7 Å². The molecular formula is C18H27ClN2O3. The van der Waals surface area contributed by atoms with Gasteiger partial charge in [0.1, 0.15) is 6.04 Å². The van der Waals surface area contributed by atoms with E-state index in [1.165, 1.54) is 0 Å². The van der Waals surface area contributed by atoms with Gasteiger partial charge in [0.25, 0.3) is 0 Å². The van der Waals surface area contributed by atoms with Gasteiger partial charge in [-0.1, -0.05) is 38.5 Å². The number of carbonyl (C=O) groups is 2. The van der Waals surface area contributed by atoms with E-state index >= 15 is 0 Å². The van der Waals surface area contributed by atoms with Crippen LogP contribution in [0.5, 0.6) is 0 Å². The minimum absolute atomic E-state index is 0. The first-order chi connectivity index (χ1) is 11.1. The van der Waals surface area contributed by atoms with Crippen LogP contribution in [0.3, 0.4) is 0 Å². The van der Waals surface area contributed by atoms with Gasteiger partial charge in [-0.05, 0) is 43.4 Å². The summed E-state index contributed by atoms with van der Waals surface area (Å²) in [6, 6.07) is 5.52. The first kappa shape index (κ1) is 20.5. The summed E-state index contributed by atoms with van der Waals surface area (Å²) >= 11 is 0. The molecule has 1 aromatic rings. The second-order valence-electron chi connectivity index (χ2n) is 6.03. The fraction of sp³-hybridized carbons (Fsp3) is 0.556. The molecule has 0 bridgehead atoms. The Bertz CT molecular complexity index is 555. The number of nitrogens with one attached hydrogen (secondary N) is 1. The number of carbonyl (C=O) groups excluding carboxylic acids is 1. The number of hydrogen-bond donors (Lipinski definition) is 2. The van der Waals surface area contributed by atoms with E-state index in [1.54, 1.807) is 4.90 Å². The number of likely N-dealkylation sites (tertiary alicyclic amines) is 1. The molecular weight excluding hydrogens is 328 g/mol. The summed E-state index contributed by atoms with van der Waals surface area (Å²) in [5.74, 6) is -0.963. The fourth-order valence-corrected chi connectivity index (χ4v) is 3.23. The number of anilines is 1. The van der Waals surface area contributed by atoms with E-state index in [9.17, 15) is 14.7 Å². The normalized spacial score (nSPS) is 17.8. The van der Waals surface area contributed by atoms with E-state index in [0.717, 1.165) is 42.5 Å². The van der Waals surface area contributed by atoms with Crippen LogP contribution in [0.4, 0.5) is 5.69 Å². The number of carboxylic acid groups (broad SMARTS) is 1. The third-order valence-electron chi connectivity index (χ3n) is 4.51. The quantitative estimate of drug-likeness (QED) is 0.823. The molecule has 134 valence electrons. The van der Waals surface area contributed by atoms with E-state index in [0.29, 0.717) is 13.0 Å². The minimum Gasteiger partial charge on any atom is -0.480 e. The number of para-hydroxylation sites is 1. The van der Waals surface area contributed by atoms with E-state index in [2.05, 4.69) is 19.2 Å². The zero-order valence-corrected chi connectivity index (χ0v) is 15.2. The molecule has 6 heteroatoms. The third-order valence-corrected chi connectivity index (χ3v) is 4.51. The highest BCUT2D eigenvalue weighted by Gasteiger charge is 2.29. The molecule has 1 aromatic carbocycles. The van der Waals surface area contributed by atoms with Crippen molar-refractivity contribution in [1.82, 2.24) is 4.90 Å². The predicted octanol–water partition coefficient (Wildman–Crippen LogP) is 3.11. The lowest BCUT2D eigenvalue weighted by atomic mass is 10.0. The number of nitrogens with zero attached hydrogens (tertiary/aromatic N) is 1. The minimum atomic E-state index is -0.833. The van der Waals surface area contributed by atoms with E-state index in [1.807, 2.05) is 18.2 Å². The Morgan fingerprint density at radius 3 is 2.38 bits per heavy atom. The summed E-state index contributed by atoms with van der Waals surface area (Å²) in [5, 5.41) is 12.3. The first-order valence-electron chi connectivity index (χ1n) is 8.44. The monoisotopic (exact) mass is 354 g/mol. The first-order valence-corrected chi connectivity index (χ1v) is 8.44. The van der Waals surface area contributed by atoms with Gasteiger partial charge in [-0.3, -0.25) is 14.5 Å². The van der Waals surface area contributed by atoms with Crippen LogP contribution in [-0.4, -0.2) is 41.0 Å². The molecule has 1 fully saturated rings. The van der Waals surface area contributed by atoms with Crippen molar-refractivity contribution in [3.05, 3.63) is 29.3 Å². The van der Waals surface area contributed by atoms with Crippen LogP contribution in [0, 0.1) is 0 Å². The summed E-state index contributed by atoms with van der Waals surface area (Å²) < 4.78 is 0. The molecule has 1 heterocycles. The van der Waals surface area contributed by atoms with Gasteiger partial charge >= 0.3 is 5.97 Å². The number of amides is 1. The van der Waals surface area contributed by atoms with Crippen LogP contribution in [0.1, 0.15) is 44.2 Å². The Labute approximate surface area is 149 Å². The van der Waals surface area contributed by atoms with Crippen LogP contribution in [-0.2, 0) is 22.4 Å². The molecule has 2 N–H and O–H groups in total. The van der Waals surface area contributed by atoms with Gasteiger partial charge < -0.3 is 10.4 Å². The van der Waals surface area contributed by atoms with Gasteiger partial charge in [-0.2, -0.15) is 0 Å². The van der Waals surface area contributed by atoms with Crippen LogP contribution in [0.15, 0.2) is 18.2 Å². The van der Waals surface area contributed by atoms with Crippen molar-refractivity contribution in [2.75, 3.05) is 18.4 Å². The highest BCUT2D eigenvalue weighted by molar-refractivity contribution is 5.94. The van der Waals surface area contributed by atoms with Crippen molar-refractivity contribution in [3.8, 4) is 0 Å². The number of aliphatic carboxylic acids is 1. The lowest BCUT2D eigenvalue weighted by Gasteiger charge is -2.32. The van der Waals surface area contributed by atoms with Crippen molar-refractivity contribution in [2.24, 2.45) is 0 Å². The maximum absolute atomic E-state index is 12.4. The molecule has 5 nitrogen and oxygen atoms in total. The molecule has 1 saturated heterocycles. The summed E-state index contributed by atoms with van der Waals surface area (Å²) in [6.45, 7) is 4.93. The van der Waals surface area contributed by atoms with E-state index in [-0.39, 0.29) is 24.9 Å². The number of piperidine rings is 1. The van der Waals surface area contributed by atoms with Crippen LogP contribution >= 0.6 is 12.4 Å². The second kappa shape index (κ2) is 9.64. The predicted molar refractivity (Wildman–Crippen MR) is 97.9 cm³/mol. The van der Waals surface area contributed by atoms with E-state index < -0.39 is 12.0 Å². The van der Waals surface area contributed by atoms with Crippen molar-refractivity contribution in [2.45, 2.75) is 52.0 Å². The largest absolute Gasteiger partial charge is 0.480 e. The molecule has 0 spiro atoms. The number of rotatable bonds is 6. The van der Waals surface area contributed by atoms with Crippen molar-refractivity contribution in [1.29, 1.82) is 0 Å². The SMILES string of the molecule is CCc1cccc(CC)c1NC(=O)CN1CCCCC1C(=O)O.Cl. The Morgan fingerprint density at radius 1 is 1.21 bits per heavy atom. The summed E-state index contributed by atoms with van der Waals surface area (Å²) in [6.07, 6.45) is 4.18. The topological polar surface area (TPSA) is 69.6 Å². The van der Waals surface area contributed by atoms with Gasteiger partial charge in [0, 0.05) is 5.69 Å². The molecule has 1 aliphatic heterocycles. The Morgan fingerprint density at radius 2 is 1.83 bits per heavy atom. The summed E-state index contributed by atoms with van der Waals surface area (Å²) in [5.41, 5.74) is 3.13. The Hall–Kier alpha value is -1.59. The van der Waals surface area contributed by atoms with Crippen LogP contribution in [0.25, 0.3) is 0 Å². The number of hydrogen-bond acceptors (Lipinski definition) is 3. The molecule has 1 unspecified atom stereocenters. The molecule has 1 aliphatic rings. The second-order valence-corrected chi connectivity index (χ2v) is 6.03. The lowest BCUT2D eigenvalue weighted by molar-refractivity contribution is -0.145. The van der Waals surface area contributed by atoms with Crippen LogP contribution in [0.2, 0.25) is 0 Å². The standard InChI is InChI=1S/C18H26N2O3.ClH/c1-3-13-8-7-9-14(4-2)17(13)19-16(21)12-20-11-6-5-10-15(20)18(22)23;/h7-9,15H,3-6,10-12H2,1-2H3,(H,19,21)(H,22,23);1H. The van der Waals surface area contributed by atoms with Gasteiger partial charge in [0.15, 0.2) is 0 Å². The maximum Gasteiger partial charge on any atom is 0.320 e. The maximum atomic E-state index is 12.4. The number of aryl methyl sites for hydroxylation is 2. The average molecular weight is 355 g/mol. The highest BCUT2D eigenvalue weighted by atomic mass is 35.5. The fourth-order valence-electron chi connectivity index (χ4n) is 3.23.